The van der Waals surface area contributed by atoms with Crippen molar-refractivity contribution in [3.8, 4) is 0 Å². The van der Waals surface area contributed by atoms with E-state index < -0.39 is 0 Å². The van der Waals surface area contributed by atoms with Crippen LogP contribution in [0.1, 0.15) is 22.3 Å². The zero-order valence-corrected chi connectivity index (χ0v) is 11.7. The Bertz CT molecular complexity index is 402. The zero-order valence-electron chi connectivity index (χ0n) is 11.7. The van der Waals surface area contributed by atoms with Crippen LogP contribution in [0.15, 0.2) is 18.2 Å². The van der Waals surface area contributed by atoms with Gasteiger partial charge in [-0.05, 0) is 46.1 Å². The van der Waals surface area contributed by atoms with E-state index in [0.29, 0.717) is 12.1 Å². The van der Waals surface area contributed by atoms with Crippen molar-refractivity contribution < 1.29 is 4.79 Å². The summed E-state index contributed by atoms with van der Waals surface area (Å²) in [5.74, 6) is -0.0122. The van der Waals surface area contributed by atoms with Gasteiger partial charge in [-0.25, -0.2) is 0 Å². The second-order valence-corrected chi connectivity index (χ2v) is 4.71. The molecule has 0 radical (unpaired) electrons. The van der Waals surface area contributed by atoms with Crippen LogP contribution in [-0.4, -0.2) is 45.0 Å². The average molecular weight is 249 g/mol. The smallest absolute Gasteiger partial charge is 0.253 e. The Hall–Kier alpha value is -1.55. The summed E-state index contributed by atoms with van der Waals surface area (Å²) in [4.78, 5) is 14.2. The Balaban J connectivity index is 2.58. The predicted molar refractivity (Wildman–Crippen MR) is 76.2 cm³/mol. The summed E-state index contributed by atoms with van der Waals surface area (Å²) in [5, 5.41) is 5.99. The molecule has 18 heavy (non-hydrogen) atoms. The lowest BCUT2D eigenvalue weighted by Crippen LogP contribution is -2.27. The Labute approximate surface area is 109 Å². The third-order valence-electron chi connectivity index (χ3n) is 2.76. The van der Waals surface area contributed by atoms with E-state index in [9.17, 15) is 4.79 Å². The van der Waals surface area contributed by atoms with Crippen LogP contribution in [0.4, 0.5) is 5.69 Å². The van der Waals surface area contributed by atoms with Gasteiger partial charge >= 0.3 is 0 Å². The molecule has 0 heterocycles. The van der Waals surface area contributed by atoms with Crippen molar-refractivity contribution in [1.29, 1.82) is 0 Å². The molecular weight excluding hydrogens is 226 g/mol. The van der Waals surface area contributed by atoms with Crippen LogP contribution in [0.5, 0.6) is 0 Å². The van der Waals surface area contributed by atoms with Crippen molar-refractivity contribution in [2.45, 2.75) is 13.3 Å². The van der Waals surface area contributed by atoms with E-state index in [1.54, 1.807) is 0 Å². The first-order valence-electron chi connectivity index (χ1n) is 6.26. The maximum Gasteiger partial charge on any atom is 0.253 e. The van der Waals surface area contributed by atoms with E-state index in [-0.39, 0.29) is 5.91 Å². The van der Waals surface area contributed by atoms with Gasteiger partial charge in [0.25, 0.3) is 5.91 Å². The fourth-order valence-corrected chi connectivity index (χ4v) is 1.76. The number of amides is 1. The standard InChI is InChI=1S/C14H23N3O/c1-11-6-7-13(15-2)12(10-11)14(18)16-8-5-9-17(3)4/h6-7,10,15H,5,8-9H2,1-4H3,(H,16,18). The highest BCUT2D eigenvalue weighted by Gasteiger charge is 2.10. The number of carbonyl (C=O) groups excluding carboxylic acids is 1. The van der Waals surface area contributed by atoms with E-state index in [0.717, 1.165) is 24.2 Å². The van der Waals surface area contributed by atoms with Gasteiger partial charge in [0.15, 0.2) is 0 Å². The van der Waals surface area contributed by atoms with Crippen molar-refractivity contribution in [3.63, 3.8) is 0 Å². The molecule has 0 aliphatic rings. The van der Waals surface area contributed by atoms with Gasteiger partial charge in [0.2, 0.25) is 0 Å². The third-order valence-corrected chi connectivity index (χ3v) is 2.76. The van der Waals surface area contributed by atoms with Crippen LogP contribution >= 0.6 is 0 Å². The average Bonchev–Trinajstić information content (AvgIpc) is 2.34. The number of aryl methyl sites for hydroxylation is 1. The molecule has 0 unspecified atom stereocenters. The molecule has 0 aliphatic heterocycles. The quantitative estimate of drug-likeness (QED) is 0.755. The number of rotatable bonds is 6. The van der Waals surface area contributed by atoms with Crippen LogP contribution in [0.3, 0.4) is 0 Å². The molecule has 4 heteroatoms. The molecule has 1 rings (SSSR count). The number of hydrogen-bond donors (Lipinski definition) is 2. The molecule has 0 fully saturated rings. The van der Waals surface area contributed by atoms with E-state index in [1.807, 2.05) is 46.3 Å². The molecule has 0 saturated carbocycles. The first-order valence-corrected chi connectivity index (χ1v) is 6.26. The number of benzene rings is 1. The van der Waals surface area contributed by atoms with E-state index in [2.05, 4.69) is 15.5 Å². The van der Waals surface area contributed by atoms with Gasteiger partial charge < -0.3 is 15.5 Å². The lowest BCUT2D eigenvalue weighted by atomic mass is 10.1. The van der Waals surface area contributed by atoms with Gasteiger partial charge in [-0.2, -0.15) is 0 Å². The minimum absolute atomic E-state index is 0.0122. The lowest BCUT2D eigenvalue weighted by molar-refractivity contribution is 0.0953. The van der Waals surface area contributed by atoms with Crippen molar-refractivity contribution in [1.82, 2.24) is 10.2 Å². The number of nitrogens with one attached hydrogen (secondary N) is 2. The fourth-order valence-electron chi connectivity index (χ4n) is 1.76. The Morgan fingerprint density at radius 1 is 1.33 bits per heavy atom. The van der Waals surface area contributed by atoms with E-state index in [4.69, 9.17) is 0 Å². The maximum atomic E-state index is 12.1. The minimum atomic E-state index is -0.0122. The van der Waals surface area contributed by atoms with E-state index >= 15 is 0 Å². The fraction of sp³-hybridized carbons (Fsp3) is 0.500. The number of carbonyl (C=O) groups is 1. The summed E-state index contributed by atoms with van der Waals surface area (Å²) in [7, 11) is 5.89. The van der Waals surface area contributed by atoms with Crippen LogP contribution in [-0.2, 0) is 0 Å². The molecule has 1 amide bonds. The monoisotopic (exact) mass is 249 g/mol. The second-order valence-electron chi connectivity index (χ2n) is 4.71. The van der Waals surface area contributed by atoms with Crippen molar-refractivity contribution in [2.75, 3.05) is 39.5 Å². The zero-order chi connectivity index (χ0) is 13.5. The molecule has 0 spiro atoms. The molecule has 1 aromatic carbocycles. The number of hydrogen-bond acceptors (Lipinski definition) is 3. The van der Waals surface area contributed by atoms with Crippen molar-refractivity contribution in [3.05, 3.63) is 29.3 Å². The molecule has 0 bridgehead atoms. The summed E-state index contributed by atoms with van der Waals surface area (Å²) in [6.07, 6.45) is 0.958. The third kappa shape index (κ3) is 4.37. The largest absolute Gasteiger partial charge is 0.387 e. The van der Waals surface area contributed by atoms with Gasteiger partial charge in [-0.1, -0.05) is 11.6 Å². The van der Waals surface area contributed by atoms with Crippen molar-refractivity contribution >= 4 is 11.6 Å². The summed E-state index contributed by atoms with van der Waals surface area (Å²) in [6, 6.07) is 5.84. The summed E-state index contributed by atoms with van der Waals surface area (Å²) < 4.78 is 0. The van der Waals surface area contributed by atoms with Crippen LogP contribution in [0.25, 0.3) is 0 Å². The van der Waals surface area contributed by atoms with Gasteiger partial charge in [0, 0.05) is 19.3 Å². The topological polar surface area (TPSA) is 44.4 Å². The molecule has 0 aliphatic carbocycles. The normalized spacial score (nSPS) is 10.5. The lowest BCUT2D eigenvalue weighted by Gasteiger charge is -2.12. The number of anilines is 1. The highest BCUT2D eigenvalue weighted by Crippen LogP contribution is 2.16. The molecule has 1 aromatic rings. The molecule has 4 nitrogen and oxygen atoms in total. The predicted octanol–water partition coefficient (Wildman–Crippen LogP) is 1.72. The second kappa shape index (κ2) is 7.01. The first kappa shape index (κ1) is 14.5. The van der Waals surface area contributed by atoms with Crippen LogP contribution in [0.2, 0.25) is 0 Å². The van der Waals surface area contributed by atoms with Crippen LogP contribution in [0, 0.1) is 6.92 Å². The highest BCUT2D eigenvalue weighted by atomic mass is 16.1. The first-order chi connectivity index (χ1) is 8.54. The van der Waals surface area contributed by atoms with Gasteiger partial charge in [-0.15, -0.1) is 0 Å². The maximum absolute atomic E-state index is 12.1. The van der Waals surface area contributed by atoms with Crippen molar-refractivity contribution in [2.24, 2.45) is 0 Å². The molecule has 2 N–H and O–H groups in total. The highest BCUT2D eigenvalue weighted by molar-refractivity contribution is 5.99. The Kier molecular flexibility index (Phi) is 5.65. The van der Waals surface area contributed by atoms with E-state index in [1.165, 1.54) is 0 Å². The molecule has 0 atom stereocenters. The Morgan fingerprint density at radius 3 is 2.67 bits per heavy atom. The van der Waals surface area contributed by atoms with Gasteiger partial charge in [0.05, 0.1) is 5.56 Å². The Morgan fingerprint density at radius 2 is 2.06 bits per heavy atom. The SMILES string of the molecule is CNc1ccc(C)cc1C(=O)NCCCN(C)C. The van der Waals surface area contributed by atoms with Crippen LogP contribution < -0.4 is 10.6 Å². The molecule has 100 valence electrons. The van der Waals surface area contributed by atoms with Gasteiger partial charge in [0.1, 0.15) is 0 Å². The molecular formula is C14H23N3O. The summed E-state index contributed by atoms with van der Waals surface area (Å²) in [6.45, 7) is 3.67. The minimum Gasteiger partial charge on any atom is -0.387 e. The van der Waals surface area contributed by atoms with Gasteiger partial charge in [-0.3, -0.25) is 4.79 Å². The molecule has 0 aromatic heterocycles. The summed E-state index contributed by atoms with van der Waals surface area (Å²) >= 11 is 0. The summed E-state index contributed by atoms with van der Waals surface area (Å²) in [5.41, 5.74) is 2.67. The number of nitrogens with zero attached hydrogens (tertiary/aromatic N) is 1. The molecule has 0 saturated heterocycles.